The number of nitrogens with zero attached hydrogens (tertiary/aromatic N) is 5. The summed E-state index contributed by atoms with van der Waals surface area (Å²) >= 11 is 0. The lowest BCUT2D eigenvalue weighted by molar-refractivity contribution is -0.110. The number of benzene rings is 2. The van der Waals surface area contributed by atoms with E-state index < -0.39 is 6.29 Å². The number of hydrogen-bond donors (Lipinski definition) is 1. The number of carbonyl (C=O) groups excluding carboxylic acids is 1. The van der Waals surface area contributed by atoms with Gasteiger partial charge in [0.05, 0.1) is 6.54 Å². The monoisotopic (exact) mass is 558 g/mol. The van der Waals surface area contributed by atoms with Gasteiger partial charge < -0.3 is 9.47 Å². The maximum atomic E-state index is 14.0. The molecule has 216 valence electrons. The second-order valence-electron chi connectivity index (χ2n) is 10.6. The predicted molar refractivity (Wildman–Crippen MR) is 155 cm³/mol. The molecule has 0 atom stereocenters. The molecule has 2 aromatic carbocycles. The average Bonchev–Trinajstić information content (AvgIpc) is 3.65. The van der Waals surface area contributed by atoms with Crippen LogP contribution in [0.3, 0.4) is 0 Å². The van der Waals surface area contributed by atoms with Crippen LogP contribution in [-0.4, -0.2) is 49.9 Å². The van der Waals surface area contributed by atoms with Crippen LogP contribution in [-0.2, 0) is 22.4 Å². The standard InChI is InChI=1S/C31H38N6O4/c1-4-5-15-26-27(30(40-2)41-3)37(29(38)23-11-7-6-8-12-23)31(39)36(26)20-21-16-18-22(19-17-21)24-13-9-10-14-25(24)28-32-34-35-33-28/h9-10,13-14,16-19,23,30H,4-8,11-12,15,20H2,1-3H3,(H,32,33,34,35). The molecule has 1 saturated carbocycles. The van der Waals surface area contributed by atoms with Gasteiger partial charge in [0.2, 0.25) is 12.2 Å². The van der Waals surface area contributed by atoms with E-state index in [4.69, 9.17) is 9.47 Å². The molecule has 1 fully saturated rings. The minimum Gasteiger partial charge on any atom is -0.350 e. The van der Waals surface area contributed by atoms with Crippen molar-refractivity contribution in [1.82, 2.24) is 29.8 Å². The van der Waals surface area contributed by atoms with Crippen LogP contribution >= 0.6 is 0 Å². The summed E-state index contributed by atoms with van der Waals surface area (Å²) in [4.78, 5) is 27.9. The molecule has 1 N–H and O–H groups in total. The zero-order valence-corrected chi connectivity index (χ0v) is 24.0. The van der Waals surface area contributed by atoms with Gasteiger partial charge >= 0.3 is 5.69 Å². The smallest absolute Gasteiger partial charge is 0.335 e. The van der Waals surface area contributed by atoms with Crippen molar-refractivity contribution in [3.05, 3.63) is 76.0 Å². The second-order valence-corrected chi connectivity index (χ2v) is 10.6. The minimum atomic E-state index is -0.812. The Morgan fingerprint density at radius 1 is 1.02 bits per heavy atom. The van der Waals surface area contributed by atoms with Crippen molar-refractivity contribution >= 4 is 5.91 Å². The highest BCUT2D eigenvalue weighted by Crippen LogP contribution is 2.31. The molecule has 0 aliphatic heterocycles. The first-order valence-electron chi connectivity index (χ1n) is 14.4. The van der Waals surface area contributed by atoms with Crippen molar-refractivity contribution in [3.8, 4) is 22.5 Å². The topological polar surface area (TPSA) is 117 Å². The molecule has 2 aromatic heterocycles. The lowest BCUT2D eigenvalue weighted by Crippen LogP contribution is -2.35. The van der Waals surface area contributed by atoms with Crippen molar-refractivity contribution in [2.45, 2.75) is 71.1 Å². The lowest BCUT2D eigenvalue weighted by Gasteiger charge is -2.23. The summed E-state index contributed by atoms with van der Waals surface area (Å²) in [7, 11) is 3.08. The highest BCUT2D eigenvalue weighted by Gasteiger charge is 2.33. The van der Waals surface area contributed by atoms with Gasteiger partial charge in [-0.05, 0) is 52.8 Å². The van der Waals surface area contributed by atoms with E-state index in [1.54, 1.807) is 18.8 Å². The SMILES string of the molecule is CCCCc1c(C(OC)OC)n(C(=O)C2CCCCC2)c(=O)n1Cc1ccc(-c2ccccc2-c2nnn[nH]2)cc1. The van der Waals surface area contributed by atoms with Crippen LogP contribution in [0.4, 0.5) is 0 Å². The molecule has 0 saturated heterocycles. The lowest BCUT2D eigenvalue weighted by atomic mass is 9.88. The van der Waals surface area contributed by atoms with E-state index in [0.717, 1.165) is 72.9 Å². The fraction of sp³-hybridized carbons (Fsp3) is 0.452. The number of hydrogen-bond acceptors (Lipinski definition) is 7. The Bertz CT molecular complexity index is 1500. The van der Waals surface area contributed by atoms with E-state index in [9.17, 15) is 9.59 Å². The number of H-pyrrole nitrogens is 1. The van der Waals surface area contributed by atoms with Crippen molar-refractivity contribution in [1.29, 1.82) is 0 Å². The van der Waals surface area contributed by atoms with Crippen molar-refractivity contribution in [2.24, 2.45) is 5.92 Å². The number of methoxy groups -OCH3 is 2. The first kappa shape index (κ1) is 28.6. The molecule has 10 heteroatoms. The predicted octanol–water partition coefficient (Wildman–Crippen LogP) is 5.40. The van der Waals surface area contributed by atoms with E-state index >= 15 is 0 Å². The van der Waals surface area contributed by atoms with Gasteiger partial charge in [0.15, 0.2) is 5.82 Å². The number of rotatable bonds is 11. The van der Waals surface area contributed by atoms with Crippen LogP contribution in [0.25, 0.3) is 22.5 Å². The summed E-state index contributed by atoms with van der Waals surface area (Å²) in [6.07, 6.45) is 6.40. The zero-order valence-electron chi connectivity index (χ0n) is 24.0. The Morgan fingerprint density at radius 2 is 1.73 bits per heavy atom. The maximum absolute atomic E-state index is 14.0. The third-order valence-corrected chi connectivity index (χ3v) is 8.01. The highest BCUT2D eigenvalue weighted by molar-refractivity contribution is 5.82. The highest BCUT2D eigenvalue weighted by atomic mass is 16.7. The minimum absolute atomic E-state index is 0.144. The summed E-state index contributed by atoms with van der Waals surface area (Å²) in [5, 5.41) is 14.3. The van der Waals surface area contributed by atoms with Crippen LogP contribution in [0.5, 0.6) is 0 Å². The number of tetrazole rings is 1. The number of nitrogens with one attached hydrogen (secondary N) is 1. The molecule has 2 heterocycles. The first-order chi connectivity index (χ1) is 20.1. The van der Waals surface area contributed by atoms with Gasteiger partial charge in [-0.2, -0.15) is 0 Å². The van der Waals surface area contributed by atoms with Gasteiger partial charge in [-0.3, -0.25) is 9.36 Å². The molecule has 1 aliphatic rings. The molecule has 41 heavy (non-hydrogen) atoms. The van der Waals surface area contributed by atoms with Crippen molar-refractivity contribution < 1.29 is 14.3 Å². The largest absolute Gasteiger partial charge is 0.350 e. The van der Waals surface area contributed by atoms with Gasteiger partial charge in [0.25, 0.3) is 0 Å². The Hall–Kier alpha value is -3.89. The van der Waals surface area contributed by atoms with E-state index in [0.29, 0.717) is 24.5 Å². The molecular formula is C31H38N6O4. The molecule has 0 radical (unpaired) electrons. The molecule has 0 amide bonds. The molecule has 1 aliphatic carbocycles. The van der Waals surface area contributed by atoms with Crippen LogP contribution < -0.4 is 5.69 Å². The normalized spacial score (nSPS) is 14.1. The summed E-state index contributed by atoms with van der Waals surface area (Å²) in [6, 6.07) is 16.0. The zero-order chi connectivity index (χ0) is 28.8. The van der Waals surface area contributed by atoms with Gasteiger partial charge in [0, 0.05) is 31.4 Å². The summed E-state index contributed by atoms with van der Waals surface area (Å²) < 4.78 is 14.4. The molecule has 4 aromatic rings. The third-order valence-electron chi connectivity index (χ3n) is 8.01. The van der Waals surface area contributed by atoms with Gasteiger partial charge in [-0.1, -0.05) is 81.1 Å². The van der Waals surface area contributed by atoms with Crippen LogP contribution in [0, 0.1) is 5.92 Å². The Labute approximate surface area is 239 Å². The second kappa shape index (κ2) is 13.2. The van der Waals surface area contributed by atoms with Crippen LogP contribution in [0.15, 0.2) is 53.3 Å². The van der Waals surface area contributed by atoms with Crippen LogP contribution in [0.1, 0.15) is 79.9 Å². The Balaban J connectivity index is 1.53. The van der Waals surface area contributed by atoms with Gasteiger partial charge in [0.1, 0.15) is 5.69 Å². The number of carbonyl (C=O) groups is 1. The van der Waals surface area contributed by atoms with E-state index in [1.807, 2.05) is 48.5 Å². The maximum Gasteiger partial charge on any atom is 0.335 e. The molecule has 0 unspecified atom stereocenters. The van der Waals surface area contributed by atoms with Crippen molar-refractivity contribution in [2.75, 3.05) is 14.2 Å². The molecular weight excluding hydrogens is 520 g/mol. The van der Waals surface area contributed by atoms with Gasteiger partial charge in [-0.25, -0.2) is 14.5 Å². The average molecular weight is 559 g/mol. The molecule has 0 bridgehead atoms. The Morgan fingerprint density at radius 3 is 2.37 bits per heavy atom. The fourth-order valence-corrected chi connectivity index (χ4v) is 5.87. The molecule has 5 rings (SSSR count). The van der Waals surface area contributed by atoms with Gasteiger partial charge in [-0.15, -0.1) is 5.10 Å². The third kappa shape index (κ3) is 5.94. The number of aromatic nitrogens is 6. The number of unbranched alkanes of at least 4 members (excludes halogenated alkanes) is 1. The first-order valence-corrected chi connectivity index (χ1v) is 14.4. The molecule has 0 spiro atoms. The summed E-state index contributed by atoms with van der Waals surface area (Å²) in [5.74, 6) is 0.289. The number of ether oxygens (including phenoxy) is 2. The molecule has 10 nitrogen and oxygen atoms in total. The van der Waals surface area contributed by atoms with E-state index in [2.05, 4.69) is 27.5 Å². The van der Waals surface area contributed by atoms with E-state index in [1.165, 1.54) is 4.57 Å². The quantitative estimate of drug-likeness (QED) is 0.245. The van der Waals surface area contributed by atoms with E-state index in [-0.39, 0.29) is 17.5 Å². The fourth-order valence-electron chi connectivity index (χ4n) is 5.87. The van der Waals surface area contributed by atoms with Crippen LogP contribution in [0.2, 0.25) is 0 Å². The number of aromatic amines is 1. The van der Waals surface area contributed by atoms with Crippen molar-refractivity contribution in [3.63, 3.8) is 0 Å². The Kier molecular flexibility index (Phi) is 9.21. The summed E-state index contributed by atoms with van der Waals surface area (Å²) in [5.41, 5.74) is 4.84. The summed E-state index contributed by atoms with van der Waals surface area (Å²) in [6.45, 7) is 2.45. The number of imidazole rings is 1.